The number of hydrogen-bond donors (Lipinski definition) is 2. The van der Waals surface area contributed by atoms with Crippen LogP contribution in [0.5, 0.6) is 0 Å². The largest absolute Gasteiger partial charge is 0.388 e. The molecule has 1 heterocycles. The van der Waals surface area contributed by atoms with E-state index in [1.165, 1.54) is 0 Å². The van der Waals surface area contributed by atoms with Crippen LogP contribution in [0.4, 0.5) is 0 Å². The third kappa shape index (κ3) is 4.12. The van der Waals surface area contributed by atoms with Crippen LogP contribution >= 0.6 is 22.6 Å². The average molecular weight is 397 g/mol. The summed E-state index contributed by atoms with van der Waals surface area (Å²) >= 11 is 2.11. The molecule has 0 aliphatic carbocycles. The Labute approximate surface area is 126 Å². The van der Waals surface area contributed by atoms with Crippen LogP contribution in [0.3, 0.4) is 0 Å². The summed E-state index contributed by atoms with van der Waals surface area (Å²) in [6.45, 7) is 0.939. The minimum atomic E-state index is -3.57. The van der Waals surface area contributed by atoms with E-state index in [1.807, 2.05) is 0 Å². The summed E-state index contributed by atoms with van der Waals surface area (Å²) in [7, 11) is -3.57. The van der Waals surface area contributed by atoms with Gasteiger partial charge in [-0.15, -0.1) is 0 Å². The molecule has 0 unspecified atom stereocenters. The van der Waals surface area contributed by atoms with Crippen molar-refractivity contribution in [3.63, 3.8) is 0 Å². The first-order chi connectivity index (χ1) is 8.91. The molecule has 1 aromatic carbocycles. The van der Waals surface area contributed by atoms with Gasteiger partial charge < -0.3 is 9.84 Å². The molecule has 1 fully saturated rings. The second kappa shape index (κ2) is 6.04. The fraction of sp³-hybridized carbons (Fsp3) is 0.500. The fourth-order valence-corrected chi connectivity index (χ4v) is 3.33. The number of benzene rings is 1. The molecule has 0 saturated carbocycles. The summed E-state index contributed by atoms with van der Waals surface area (Å²) in [5, 5.41) is 10.2. The van der Waals surface area contributed by atoms with Gasteiger partial charge in [0.25, 0.3) is 0 Å². The van der Waals surface area contributed by atoms with Crippen LogP contribution in [0, 0.1) is 3.57 Å². The molecule has 2 rings (SSSR count). The van der Waals surface area contributed by atoms with Crippen LogP contribution in [0.25, 0.3) is 0 Å². The molecule has 1 aliphatic rings. The van der Waals surface area contributed by atoms with E-state index in [-0.39, 0.29) is 11.4 Å². The Morgan fingerprint density at radius 1 is 1.26 bits per heavy atom. The first-order valence-electron chi connectivity index (χ1n) is 5.97. The topological polar surface area (TPSA) is 75.6 Å². The lowest BCUT2D eigenvalue weighted by Gasteiger charge is -2.31. The highest BCUT2D eigenvalue weighted by Crippen LogP contribution is 2.20. The molecular weight excluding hydrogens is 381 g/mol. The first-order valence-corrected chi connectivity index (χ1v) is 8.53. The summed E-state index contributed by atoms with van der Waals surface area (Å²) in [5.74, 6) is 0. The zero-order valence-electron chi connectivity index (χ0n) is 10.3. The van der Waals surface area contributed by atoms with Crippen molar-refractivity contribution in [3.05, 3.63) is 27.8 Å². The van der Waals surface area contributed by atoms with Gasteiger partial charge in [0.15, 0.2) is 0 Å². The molecular formula is C12H16INO4S. The van der Waals surface area contributed by atoms with Crippen molar-refractivity contribution >= 4 is 32.6 Å². The van der Waals surface area contributed by atoms with Crippen molar-refractivity contribution in [2.75, 3.05) is 19.8 Å². The maximum absolute atomic E-state index is 12.1. The van der Waals surface area contributed by atoms with Crippen LogP contribution in [0.2, 0.25) is 0 Å². The van der Waals surface area contributed by atoms with Gasteiger partial charge in [-0.05, 0) is 46.9 Å². The number of sulfonamides is 1. The molecule has 1 saturated heterocycles. The van der Waals surface area contributed by atoms with E-state index >= 15 is 0 Å². The molecule has 0 bridgehead atoms. The van der Waals surface area contributed by atoms with Gasteiger partial charge in [0.05, 0.1) is 10.5 Å². The van der Waals surface area contributed by atoms with Gasteiger partial charge in [0.1, 0.15) is 0 Å². The lowest BCUT2D eigenvalue weighted by molar-refractivity contribution is -0.0588. The van der Waals surface area contributed by atoms with Crippen molar-refractivity contribution in [2.24, 2.45) is 0 Å². The number of nitrogens with one attached hydrogen (secondary N) is 1. The Morgan fingerprint density at radius 2 is 1.84 bits per heavy atom. The van der Waals surface area contributed by atoms with Crippen molar-refractivity contribution in [1.82, 2.24) is 4.72 Å². The molecule has 2 N–H and O–H groups in total. The fourth-order valence-electron chi connectivity index (χ4n) is 1.85. The molecule has 0 atom stereocenters. The van der Waals surface area contributed by atoms with Gasteiger partial charge in [0.2, 0.25) is 10.0 Å². The van der Waals surface area contributed by atoms with E-state index in [2.05, 4.69) is 27.3 Å². The minimum Gasteiger partial charge on any atom is -0.388 e. The second-order valence-electron chi connectivity index (χ2n) is 4.62. The zero-order chi connectivity index (χ0) is 13.9. The number of rotatable bonds is 4. The van der Waals surface area contributed by atoms with Crippen molar-refractivity contribution in [3.8, 4) is 0 Å². The van der Waals surface area contributed by atoms with Gasteiger partial charge in [-0.3, -0.25) is 0 Å². The monoisotopic (exact) mass is 397 g/mol. The SMILES string of the molecule is O=S(=O)(NCC1(O)CCOCC1)c1ccc(I)cc1. The second-order valence-corrected chi connectivity index (χ2v) is 7.63. The van der Waals surface area contributed by atoms with Crippen LogP contribution in [0.15, 0.2) is 29.2 Å². The van der Waals surface area contributed by atoms with E-state index < -0.39 is 15.6 Å². The van der Waals surface area contributed by atoms with Gasteiger partial charge in [-0.1, -0.05) is 0 Å². The maximum Gasteiger partial charge on any atom is 0.240 e. The highest BCUT2D eigenvalue weighted by Gasteiger charge is 2.31. The lowest BCUT2D eigenvalue weighted by atomic mass is 9.95. The van der Waals surface area contributed by atoms with E-state index in [4.69, 9.17) is 4.74 Å². The third-order valence-corrected chi connectivity index (χ3v) is 5.28. The maximum atomic E-state index is 12.1. The van der Waals surface area contributed by atoms with Crippen LogP contribution in [-0.2, 0) is 14.8 Å². The predicted molar refractivity (Wildman–Crippen MR) is 79.4 cm³/mol. The quantitative estimate of drug-likeness (QED) is 0.747. The molecule has 0 spiro atoms. The van der Waals surface area contributed by atoms with E-state index in [0.29, 0.717) is 26.1 Å². The lowest BCUT2D eigenvalue weighted by Crippen LogP contribution is -2.46. The molecule has 1 aromatic rings. The summed E-state index contributed by atoms with van der Waals surface area (Å²) in [5.41, 5.74) is -1.01. The summed E-state index contributed by atoms with van der Waals surface area (Å²) in [6, 6.07) is 6.58. The third-order valence-electron chi connectivity index (χ3n) is 3.14. The van der Waals surface area contributed by atoms with Crippen molar-refractivity contribution in [2.45, 2.75) is 23.3 Å². The molecule has 1 aliphatic heterocycles. The van der Waals surface area contributed by atoms with Crippen LogP contribution in [-0.4, -0.2) is 38.9 Å². The molecule has 5 nitrogen and oxygen atoms in total. The minimum absolute atomic E-state index is 0.0185. The summed E-state index contributed by atoms with van der Waals surface area (Å²) in [6.07, 6.45) is 0.893. The van der Waals surface area contributed by atoms with Gasteiger partial charge in [0, 0.05) is 36.2 Å². The van der Waals surface area contributed by atoms with Gasteiger partial charge in [-0.25, -0.2) is 13.1 Å². The van der Waals surface area contributed by atoms with Gasteiger partial charge in [-0.2, -0.15) is 0 Å². The number of hydrogen-bond acceptors (Lipinski definition) is 4. The Kier molecular flexibility index (Phi) is 4.83. The highest BCUT2D eigenvalue weighted by molar-refractivity contribution is 14.1. The first kappa shape index (κ1) is 15.2. The zero-order valence-corrected chi connectivity index (χ0v) is 13.3. The Morgan fingerprint density at radius 3 is 2.42 bits per heavy atom. The molecule has 106 valence electrons. The Bertz CT molecular complexity index is 523. The summed E-state index contributed by atoms with van der Waals surface area (Å²) < 4.78 is 32.7. The normalized spacial score (nSPS) is 19.3. The number of halogens is 1. The van der Waals surface area contributed by atoms with E-state index in [1.54, 1.807) is 24.3 Å². The number of aliphatic hydroxyl groups is 1. The Balaban J connectivity index is 2.03. The molecule has 7 heteroatoms. The average Bonchev–Trinajstić information content (AvgIpc) is 2.38. The molecule has 0 aromatic heterocycles. The molecule has 0 amide bonds. The smallest absolute Gasteiger partial charge is 0.240 e. The predicted octanol–water partition coefficient (Wildman–Crippen LogP) is 1.11. The summed E-state index contributed by atoms with van der Waals surface area (Å²) in [4.78, 5) is 0.212. The number of ether oxygens (including phenoxy) is 1. The van der Waals surface area contributed by atoms with Gasteiger partial charge >= 0.3 is 0 Å². The molecule has 19 heavy (non-hydrogen) atoms. The highest BCUT2D eigenvalue weighted by atomic mass is 127. The van der Waals surface area contributed by atoms with E-state index in [9.17, 15) is 13.5 Å². The van der Waals surface area contributed by atoms with Crippen LogP contribution < -0.4 is 4.72 Å². The van der Waals surface area contributed by atoms with Crippen molar-refractivity contribution < 1.29 is 18.3 Å². The van der Waals surface area contributed by atoms with E-state index in [0.717, 1.165) is 3.57 Å². The Hall–Kier alpha value is -0.220. The molecule has 0 radical (unpaired) electrons. The van der Waals surface area contributed by atoms with Crippen LogP contribution in [0.1, 0.15) is 12.8 Å². The van der Waals surface area contributed by atoms with Crippen molar-refractivity contribution in [1.29, 1.82) is 0 Å². The standard InChI is InChI=1S/C12H16INO4S/c13-10-1-3-11(4-2-10)19(16,17)14-9-12(15)5-7-18-8-6-12/h1-4,14-15H,5-9H2.